The molecule has 5 heteroatoms. The molecular weight excluding hydrogens is 306 g/mol. The van der Waals surface area contributed by atoms with Crippen LogP contribution in [0.5, 0.6) is 0 Å². The summed E-state index contributed by atoms with van der Waals surface area (Å²) in [6.45, 7) is 2.03. The molecule has 0 saturated heterocycles. The molecule has 0 amide bonds. The van der Waals surface area contributed by atoms with Gasteiger partial charge >= 0.3 is 0 Å². The molecule has 0 aliphatic heterocycles. The number of nitrogens with two attached hydrogens (primary N) is 1. The smallest absolute Gasteiger partial charge is 0.134 e. The Hall–Kier alpha value is -1.59. The molecule has 2 aromatic heterocycles. The van der Waals surface area contributed by atoms with Crippen LogP contribution in [0.4, 0.5) is 0 Å². The van der Waals surface area contributed by atoms with Crippen LogP contribution in [-0.2, 0) is 7.05 Å². The molecular formula is C14H14BrN3O. The maximum Gasteiger partial charge on any atom is 0.134 e. The first-order valence-electron chi connectivity index (χ1n) is 6.00. The summed E-state index contributed by atoms with van der Waals surface area (Å²) in [4.78, 5) is 0. The van der Waals surface area contributed by atoms with Gasteiger partial charge in [0.2, 0.25) is 0 Å². The van der Waals surface area contributed by atoms with Crippen molar-refractivity contribution in [1.29, 1.82) is 0 Å². The Labute approximate surface area is 119 Å². The molecule has 2 heterocycles. The highest BCUT2D eigenvalue weighted by Crippen LogP contribution is 2.32. The molecule has 0 radical (unpaired) electrons. The van der Waals surface area contributed by atoms with Gasteiger partial charge in [-0.15, -0.1) is 0 Å². The summed E-state index contributed by atoms with van der Waals surface area (Å²) >= 11 is 3.48. The maximum absolute atomic E-state index is 6.30. The summed E-state index contributed by atoms with van der Waals surface area (Å²) < 4.78 is 8.71. The lowest BCUT2D eigenvalue weighted by molar-refractivity contribution is 0.506. The van der Waals surface area contributed by atoms with Gasteiger partial charge in [-0.3, -0.25) is 4.68 Å². The lowest BCUT2D eigenvalue weighted by Crippen LogP contribution is -2.16. The van der Waals surface area contributed by atoms with E-state index in [1.54, 1.807) is 10.9 Å². The van der Waals surface area contributed by atoms with Crippen molar-refractivity contribution >= 4 is 26.9 Å². The zero-order valence-corrected chi connectivity index (χ0v) is 12.3. The minimum atomic E-state index is -0.307. The van der Waals surface area contributed by atoms with Crippen LogP contribution in [0.25, 0.3) is 11.0 Å². The number of hydrogen-bond donors (Lipinski definition) is 1. The van der Waals surface area contributed by atoms with Crippen LogP contribution in [0.1, 0.15) is 23.1 Å². The number of hydrogen-bond acceptors (Lipinski definition) is 3. The number of aryl methyl sites for hydroxylation is 2. The third-order valence-electron chi connectivity index (χ3n) is 3.40. The topological polar surface area (TPSA) is 57.0 Å². The molecule has 0 fully saturated rings. The standard InChI is InChI=1S/C14H14BrN3O/c1-8-10-7-9(15)3-4-12(10)19-14(8)13(16)11-5-6-17-18(11)2/h3-7,13H,16H2,1-2H3. The lowest BCUT2D eigenvalue weighted by atomic mass is 10.1. The van der Waals surface area contributed by atoms with Gasteiger partial charge in [-0.2, -0.15) is 5.10 Å². The summed E-state index contributed by atoms with van der Waals surface area (Å²) in [5.41, 5.74) is 9.16. The molecule has 2 N–H and O–H groups in total. The number of furan rings is 1. The van der Waals surface area contributed by atoms with Crippen LogP contribution < -0.4 is 5.73 Å². The molecule has 19 heavy (non-hydrogen) atoms. The van der Waals surface area contributed by atoms with Gasteiger partial charge < -0.3 is 10.2 Å². The number of rotatable bonds is 2. The summed E-state index contributed by atoms with van der Waals surface area (Å²) in [6, 6.07) is 7.57. The van der Waals surface area contributed by atoms with E-state index in [4.69, 9.17) is 10.2 Å². The Balaban J connectivity index is 2.15. The van der Waals surface area contributed by atoms with Crippen molar-refractivity contribution in [3.63, 3.8) is 0 Å². The van der Waals surface area contributed by atoms with E-state index in [-0.39, 0.29) is 6.04 Å². The highest BCUT2D eigenvalue weighted by Gasteiger charge is 2.20. The molecule has 1 aromatic carbocycles. The molecule has 0 aliphatic rings. The van der Waals surface area contributed by atoms with Crippen LogP contribution in [0.15, 0.2) is 39.4 Å². The monoisotopic (exact) mass is 319 g/mol. The highest BCUT2D eigenvalue weighted by molar-refractivity contribution is 9.10. The van der Waals surface area contributed by atoms with E-state index in [0.29, 0.717) is 0 Å². The van der Waals surface area contributed by atoms with Gasteiger partial charge in [-0.1, -0.05) is 15.9 Å². The largest absolute Gasteiger partial charge is 0.459 e. The number of aromatic nitrogens is 2. The normalized spacial score (nSPS) is 13.1. The molecule has 1 atom stereocenters. The van der Waals surface area contributed by atoms with Crippen molar-refractivity contribution in [2.45, 2.75) is 13.0 Å². The predicted octanol–water partition coefficient (Wildman–Crippen LogP) is 3.29. The van der Waals surface area contributed by atoms with E-state index in [9.17, 15) is 0 Å². The van der Waals surface area contributed by atoms with Crippen molar-refractivity contribution in [1.82, 2.24) is 9.78 Å². The first-order valence-corrected chi connectivity index (χ1v) is 6.79. The van der Waals surface area contributed by atoms with Gasteiger partial charge in [0.1, 0.15) is 17.4 Å². The average Bonchev–Trinajstić information content (AvgIpc) is 2.94. The van der Waals surface area contributed by atoms with E-state index in [1.165, 1.54) is 0 Å². The van der Waals surface area contributed by atoms with Crippen LogP contribution in [0, 0.1) is 6.92 Å². The third-order valence-corrected chi connectivity index (χ3v) is 3.89. The molecule has 1 unspecified atom stereocenters. The molecule has 4 nitrogen and oxygen atoms in total. The lowest BCUT2D eigenvalue weighted by Gasteiger charge is -2.10. The first-order chi connectivity index (χ1) is 9.08. The fourth-order valence-electron chi connectivity index (χ4n) is 2.33. The van der Waals surface area contributed by atoms with E-state index in [0.717, 1.165) is 32.5 Å². The summed E-state index contributed by atoms with van der Waals surface area (Å²) in [5, 5.41) is 5.23. The average molecular weight is 320 g/mol. The SMILES string of the molecule is Cc1c(C(N)c2ccnn2C)oc2ccc(Br)cc12. The highest BCUT2D eigenvalue weighted by atomic mass is 79.9. The minimum Gasteiger partial charge on any atom is -0.459 e. The third kappa shape index (κ3) is 1.99. The van der Waals surface area contributed by atoms with Crippen LogP contribution in [0.2, 0.25) is 0 Å². The van der Waals surface area contributed by atoms with Crippen molar-refractivity contribution in [2.75, 3.05) is 0 Å². The van der Waals surface area contributed by atoms with Gasteiger partial charge in [-0.05, 0) is 31.2 Å². The van der Waals surface area contributed by atoms with E-state index >= 15 is 0 Å². The Bertz CT molecular complexity index is 744. The van der Waals surface area contributed by atoms with Gasteiger partial charge in [0, 0.05) is 28.7 Å². The number of halogens is 1. The maximum atomic E-state index is 6.30. The number of fused-ring (bicyclic) bond motifs is 1. The second-order valence-corrected chi connectivity index (χ2v) is 5.50. The zero-order valence-electron chi connectivity index (χ0n) is 10.7. The fraction of sp³-hybridized carbons (Fsp3) is 0.214. The quantitative estimate of drug-likeness (QED) is 0.788. The zero-order chi connectivity index (χ0) is 13.6. The van der Waals surface area contributed by atoms with Gasteiger partial charge in [0.15, 0.2) is 0 Å². The second kappa shape index (κ2) is 4.51. The molecule has 0 spiro atoms. The van der Waals surface area contributed by atoms with Crippen molar-refractivity contribution in [2.24, 2.45) is 12.8 Å². The predicted molar refractivity (Wildman–Crippen MR) is 77.9 cm³/mol. The minimum absolute atomic E-state index is 0.307. The molecule has 98 valence electrons. The molecule has 3 aromatic rings. The fourth-order valence-corrected chi connectivity index (χ4v) is 2.69. The van der Waals surface area contributed by atoms with Crippen LogP contribution in [-0.4, -0.2) is 9.78 Å². The van der Waals surface area contributed by atoms with Gasteiger partial charge in [0.05, 0.1) is 5.69 Å². The van der Waals surface area contributed by atoms with Gasteiger partial charge in [-0.25, -0.2) is 0 Å². The number of benzene rings is 1. The molecule has 3 rings (SSSR count). The van der Waals surface area contributed by atoms with Gasteiger partial charge in [0.25, 0.3) is 0 Å². The Kier molecular flexibility index (Phi) is 2.95. The second-order valence-electron chi connectivity index (χ2n) is 4.59. The molecule has 0 saturated carbocycles. The van der Waals surface area contributed by atoms with E-state index < -0.39 is 0 Å². The Morgan fingerprint density at radius 2 is 2.16 bits per heavy atom. The molecule has 0 bridgehead atoms. The van der Waals surface area contributed by atoms with Crippen LogP contribution >= 0.6 is 15.9 Å². The van der Waals surface area contributed by atoms with E-state index in [2.05, 4.69) is 21.0 Å². The van der Waals surface area contributed by atoms with Crippen molar-refractivity contribution in [3.05, 3.63) is 52.0 Å². The summed E-state index contributed by atoms with van der Waals surface area (Å²) in [6.07, 6.45) is 1.74. The van der Waals surface area contributed by atoms with Crippen molar-refractivity contribution < 1.29 is 4.42 Å². The van der Waals surface area contributed by atoms with Crippen molar-refractivity contribution in [3.8, 4) is 0 Å². The summed E-state index contributed by atoms with van der Waals surface area (Å²) in [5.74, 6) is 0.789. The summed E-state index contributed by atoms with van der Waals surface area (Å²) in [7, 11) is 1.88. The number of nitrogens with zero attached hydrogens (tertiary/aromatic N) is 2. The Morgan fingerprint density at radius 3 is 2.84 bits per heavy atom. The van der Waals surface area contributed by atoms with Crippen LogP contribution in [0.3, 0.4) is 0 Å². The molecule has 0 aliphatic carbocycles. The first kappa shape index (κ1) is 12.4. The Morgan fingerprint density at radius 1 is 1.37 bits per heavy atom. The van der Waals surface area contributed by atoms with E-state index in [1.807, 2.05) is 38.2 Å².